The molecular weight excluding hydrogens is 773 g/mol. The molecule has 0 unspecified atom stereocenters. The second kappa shape index (κ2) is 15.3. The standard InChI is InChI=1S/C63H42O/c1-3-41(36-35-40(2)45-32-17-22-42-19-7-8-23-46(42)45)59-52-28-13-15-30-54(52)62(55-31-16-14-29-53(55)59)57-34-18-33-56-47-38-37-44(39-58(47)64-63(56)57)61-50-26-11-9-24-48(50)60(43-20-5-4-6-21-43)49-25-10-12-27-51(49)61/h3-39H,2H2,1H3/b36-35-,41-3+. The maximum Gasteiger partial charge on any atom is 0.143 e. The number of hydrogen-bond donors (Lipinski definition) is 0. The summed E-state index contributed by atoms with van der Waals surface area (Å²) < 4.78 is 7.12. The Bertz CT molecular complexity index is 3790. The fourth-order valence-corrected chi connectivity index (χ4v) is 10.3. The summed E-state index contributed by atoms with van der Waals surface area (Å²) in [5.74, 6) is 0. The van der Waals surface area contributed by atoms with Crippen LogP contribution in [0, 0.1) is 0 Å². The van der Waals surface area contributed by atoms with Gasteiger partial charge in [0.05, 0.1) is 0 Å². The third kappa shape index (κ3) is 5.93. The predicted octanol–water partition coefficient (Wildman–Crippen LogP) is 18.0. The molecule has 0 radical (unpaired) electrons. The lowest BCUT2D eigenvalue weighted by molar-refractivity contribution is 0.670. The van der Waals surface area contributed by atoms with Gasteiger partial charge in [-0.15, -0.1) is 0 Å². The molecule has 0 aliphatic heterocycles. The molecule has 1 heteroatoms. The van der Waals surface area contributed by atoms with E-state index in [0.717, 1.165) is 49.8 Å². The van der Waals surface area contributed by atoms with Gasteiger partial charge in [0.2, 0.25) is 0 Å². The van der Waals surface area contributed by atoms with Crippen LogP contribution in [-0.2, 0) is 0 Å². The summed E-state index contributed by atoms with van der Waals surface area (Å²) in [7, 11) is 0. The van der Waals surface area contributed by atoms with E-state index in [1.54, 1.807) is 0 Å². The second-order valence-corrected chi connectivity index (χ2v) is 16.7. The smallest absolute Gasteiger partial charge is 0.143 e. The number of para-hydroxylation sites is 1. The molecule has 1 nitrogen and oxygen atoms in total. The van der Waals surface area contributed by atoms with E-state index in [-0.39, 0.29) is 0 Å². The Morgan fingerprint density at radius 2 is 0.906 bits per heavy atom. The minimum atomic E-state index is 0.873. The third-order valence-electron chi connectivity index (χ3n) is 13.2. The number of allylic oxidation sites excluding steroid dienone is 5. The summed E-state index contributed by atoms with van der Waals surface area (Å²) in [6.07, 6.45) is 6.62. The average Bonchev–Trinajstić information content (AvgIpc) is 3.74. The van der Waals surface area contributed by atoms with Gasteiger partial charge in [0, 0.05) is 21.9 Å². The summed E-state index contributed by atoms with van der Waals surface area (Å²) in [5.41, 5.74) is 13.3. The molecule has 300 valence electrons. The van der Waals surface area contributed by atoms with Crippen LogP contribution in [0.1, 0.15) is 18.1 Å². The second-order valence-electron chi connectivity index (χ2n) is 16.7. The largest absolute Gasteiger partial charge is 0.455 e. The highest BCUT2D eigenvalue weighted by Gasteiger charge is 2.22. The van der Waals surface area contributed by atoms with Crippen molar-refractivity contribution in [3.63, 3.8) is 0 Å². The molecule has 0 bridgehead atoms. The van der Waals surface area contributed by atoms with Crippen LogP contribution in [0.2, 0.25) is 0 Å². The van der Waals surface area contributed by atoms with Gasteiger partial charge in [-0.1, -0.05) is 219 Å². The first-order valence-electron chi connectivity index (χ1n) is 22.1. The molecule has 0 atom stereocenters. The minimum Gasteiger partial charge on any atom is -0.455 e. The van der Waals surface area contributed by atoms with Crippen molar-refractivity contribution in [3.8, 4) is 33.4 Å². The van der Waals surface area contributed by atoms with Gasteiger partial charge in [-0.25, -0.2) is 0 Å². The van der Waals surface area contributed by atoms with E-state index in [2.05, 4.69) is 238 Å². The Balaban J connectivity index is 1.03. The lowest BCUT2D eigenvalue weighted by Crippen LogP contribution is -1.93. The molecule has 64 heavy (non-hydrogen) atoms. The van der Waals surface area contributed by atoms with Crippen molar-refractivity contribution in [1.29, 1.82) is 0 Å². The number of benzene rings is 11. The molecule has 0 aliphatic carbocycles. The fourth-order valence-electron chi connectivity index (χ4n) is 10.3. The number of fused-ring (bicyclic) bond motifs is 8. The van der Waals surface area contributed by atoms with Crippen LogP contribution >= 0.6 is 0 Å². The molecule has 1 aromatic heterocycles. The lowest BCUT2D eigenvalue weighted by Gasteiger charge is -2.18. The zero-order valence-corrected chi connectivity index (χ0v) is 35.5. The molecule has 11 aromatic carbocycles. The van der Waals surface area contributed by atoms with Crippen molar-refractivity contribution in [2.24, 2.45) is 0 Å². The first kappa shape index (κ1) is 37.5. The van der Waals surface area contributed by atoms with Crippen LogP contribution in [-0.4, -0.2) is 0 Å². The average molecular weight is 815 g/mol. The maximum atomic E-state index is 7.12. The zero-order chi connectivity index (χ0) is 42.7. The molecule has 0 amide bonds. The number of hydrogen-bond acceptors (Lipinski definition) is 1. The molecule has 0 spiro atoms. The first-order valence-corrected chi connectivity index (χ1v) is 22.1. The van der Waals surface area contributed by atoms with E-state index in [0.29, 0.717) is 0 Å². The highest BCUT2D eigenvalue weighted by atomic mass is 16.3. The molecule has 1 heterocycles. The number of furan rings is 1. The van der Waals surface area contributed by atoms with Gasteiger partial charge in [0.25, 0.3) is 0 Å². The molecule has 0 saturated carbocycles. The Labute approximate surface area is 372 Å². The topological polar surface area (TPSA) is 13.1 Å². The van der Waals surface area contributed by atoms with Crippen molar-refractivity contribution < 1.29 is 4.42 Å². The Kier molecular flexibility index (Phi) is 8.95. The fraction of sp³-hybridized carbons (Fsp3) is 0.0159. The quantitative estimate of drug-likeness (QED) is 0.115. The van der Waals surface area contributed by atoms with Gasteiger partial charge in [0.1, 0.15) is 11.2 Å². The molecule has 0 aliphatic rings. The summed E-state index contributed by atoms with van der Waals surface area (Å²) in [4.78, 5) is 0. The van der Waals surface area contributed by atoms with Gasteiger partial charge < -0.3 is 4.42 Å². The van der Waals surface area contributed by atoms with Crippen molar-refractivity contribution in [2.45, 2.75) is 6.92 Å². The van der Waals surface area contributed by atoms with Crippen LogP contribution in [0.3, 0.4) is 0 Å². The van der Waals surface area contributed by atoms with E-state index in [9.17, 15) is 0 Å². The molecular formula is C63H42O. The van der Waals surface area contributed by atoms with Gasteiger partial charge in [-0.05, 0) is 117 Å². The van der Waals surface area contributed by atoms with Crippen LogP contribution in [0.5, 0.6) is 0 Å². The molecule has 12 aromatic rings. The minimum absolute atomic E-state index is 0.873. The summed E-state index contributed by atoms with van der Waals surface area (Å²) in [6.45, 7) is 6.67. The van der Waals surface area contributed by atoms with Crippen molar-refractivity contribution in [3.05, 3.63) is 242 Å². The van der Waals surface area contributed by atoms with E-state index >= 15 is 0 Å². The molecule has 0 saturated heterocycles. The van der Waals surface area contributed by atoms with Gasteiger partial charge in [-0.3, -0.25) is 0 Å². The zero-order valence-electron chi connectivity index (χ0n) is 35.5. The SMILES string of the molecule is C=C(/C=C\C(=C/C)c1c2ccccc2c(-c2cccc3c2oc2cc(-c4c5ccccc5c(-c5ccccc5)c5ccccc45)ccc23)c2ccccc12)c1cccc2ccccc12. The maximum absolute atomic E-state index is 7.12. The predicted molar refractivity (Wildman–Crippen MR) is 276 cm³/mol. The Morgan fingerprint density at radius 1 is 0.406 bits per heavy atom. The third-order valence-corrected chi connectivity index (χ3v) is 13.2. The van der Waals surface area contributed by atoms with Crippen LogP contribution in [0.15, 0.2) is 235 Å². The van der Waals surface area contributed by atoms with E-state index in [4.69, 9.17) is 4.42 Å². The van der Waals surface area contributed by atoms with Crippen LogP contribution < -0.4 is 0 Å². The van der Waals surface area contributed by atoms with Crippen LogP contribution in [0.4, 0.5) is 0 Å². The summed E-state index contributed by atoms with van der Waals surface area (Å²) in [6, 6.07) is 74.5. The van der Waals surface area contributed by atoms with Crippen molar-refractivity contribution in [2.75, 3.05) is 0 Å². The summed E-state index contributed by atoms with van der Waals surface area (Å²) in [5, 5.41) is 14.3. The number of rotatable bonds is 7. The highest BCUT2D eigenvalue weighted by molar-refractivity contribution is 6.24. The molecule has 0 N–H and O–H groups in total. The highest BCUT2D eigenvalue weighted by Crippen LogP contribution is 2.48. The van der Waals surface area contributed by atoms with E-state index in [1.807, 2.05) is 0 Å². The molecule has 0 fully saturated rings. The molecule has 12 rings (SSSR count). The Morgan fingerprint density at radius 3 is 1.53 bits per heavy atom. The van der Waals surface area contributed by atoms with Crippen molar-refractivity contribution >= 4 is 86.9 Å². The van der Waals surface area contributed by atoms with E-state index in [1.165, 1.54) is 81.7 Å². The van der Waals surface area contributed by atoms with Crippen LogP contribution in [0.25, 0.3) is 120 Å². The monoisotopic (exact) mass is 814 g/mol. The normalized spacial score (nSPS) is 12.2. The van der Waals surface area contributed by atoms with Gasteiger partial charge >= 0.3 is 0 Å². The summed E-state index contributed by atoms with van der Waals surface area (Å²) >= 11 is 0. The van der Waals surface area contributed by atoms with Gasteiger partial charge in [-0.2, -0.15) is 0 Å². The Hall–Kier alpha value is -8.26. The first-order chi connectivity index (χ1) is 31.7. The van der Waals surface area contributed by atoms with E-state index < -0.39 is 0 Å². The van der Waals surface area contributed by atoms with Gasteiger partial charge in [0.15, 0.2) is 0 Å². The lowest BCUT2D eigenvalue weighted by atomic mass is 9.85. The van der Waals surface area contributed by atoms with Crippen molar-refractivity contribution in [1.82, 2.24) is 0 Å².